The van der Waals surface area contributed by atoms with Crippen LogP contribution in [-0.2, 0) is 6.42 Å². The Bertz CT molecular complexity index is 862. The number of nitrogens with one attached hydrogen (secondary N) is 2. The number of aromatic nitrogens is 3. The van der Waals surface area contributed by atoms with E-state index in [1.165, 1.54) is 0 Å². The van der Waals surface area contributed by atoms with E-state index in [1.54, 1.807) is 0 Å². The zero-order chi connectivity index (χ0) is 18.5. The standard InChI is InChI=1S/C20H25N7/c1-21-20(23-11-9-18-24-16-6-2-3-7-17(16)25-18)27-14-12-26(13-15-27)19-8-4-5-10-22-19/h2-8,10H,9,11-15H2,1H3,(H,21,23)(H,24,25). The molecule has 4 rings (SSSR count). The van der Waals surface area contributed by atoms with Gasteiger partial charge in [0, 0.05) is 52.4 Å². The van der Waals surface area contributed by atoms with Gasteiger partial charge in [-0.2, -0.15) is 0 Å². The Morgan fingerprint density at radius 1 is 1.11 bits per heavy atom. The number of hydrogen-bond acceptors (Lipinski definition) is 4. The third-order valence-corrected chi connectivity index (χ3v) is 4.85. The van der Waals surface area contributed by atoms with Gasteiger partial charge in [0.15, 0.2) is 5.96 Å². The molecule has 0 radical (unpaired) electrons. The molecular formula is C20H25N7. The van der Waals surface area contributed by atoms with E-state index in [4.69, 9.17) is 0 Å². The number of pyridine rings is 1. The SMILES string of the molecule is CN=C(NCCc1nc2ccccc2[nH]1)N1CCN(c2ccccn2)CC1. The average Bonchev–Trinajstić information content (AvgIpc) is 3.15. The van der Waals surface area contributed by atoms with E-state index < -0.39 is 0 Å². The molecule has 7 nitrogen and oxygen atoms in total. The van der Waals surface area contributed by atoms with E-state index >= 15 is 0 Å². The highest BCUT2D eigenvalue weighted by atomic mass is 15.4. The molecule has 2 aromatic heterocycles. The molecule has 2 N–H and O–H groups in total. The second kappa shape index (κ2) is 8.07. The molecule has 7 heteroatoms. The van der Waals surface area contributed by atoms with E-state index in [1.807, 2.05) is 43.6 Å². The Morgan fingerprint density at radius 3 is 2.67 bits per heavy atom. The maximum atomic E-state index is 4.63. The van der Waals surface area contributed by atoms with Gasteiger partial charge >= 0.3 is 0 Å². The van der Waals surface area contributed by atoms with Gasteiger partial charge in [-0.3, -0.25) is 4.99 Å². The lowest BCUT2D eigenvalue weighted by atomic mass is 10.3. The minimum atomic E-state index is 0.799. The van der Waals surface area contributed by atoms with Gasteiger partial charge in [-0.15, -0.1) is 0 Å². The Morgan fingerprint density at radius 2 is 1.93 bits per heavy atom. The van der Waals surface area contributed by atoms with Crippen LogP contribution in [-0.4, -0.2) is 65.6 Å². The van der Waals surface area contributed by atoms with Gasteiger partial charge in [0.2, 0.25) is 0 Å². The van der Waals surface area contributed by atoms with Crippen molar-refractivity contribution in [2.45, 2.75) is 6.42 Å². The van der Waals surface area contributed by atoms with Crippen molar-refractivity contribution in [3.8, 4) is 0 Å². The number of piperazine rings is 1. The van der Waals surface area contributed by atoms with E-state index in [2.05, 4.69) is 47.2 Å². The first-order chi connectivity index (χ1) is 13.3. The summed E-state index contributed by atoms with van der Waals surface area (Å²) in [5, 5.41) is 3.47. The smallest absolute Gasteiger partial charge is 0.193 e. The number of rotatable bonds is 4. The van der Waals surface area contributed by atoms with Crippen LogP contribution in [0.5, 0.6) is 0 Å². The van der Waals surface area contributed by atoms with Crippen LogP contribution in [0.2, 0.25) is 0 Å². The Balaban J connectivity index is 1.28. The van der Waals surface area contributed by atoms with Crippen LogP contribution in [0.1, 0.15) is 5.82 Å². The summed E-state index contributed by atoms with van der Waals surface area (Å²) in [6, 6.07) is 14.2. The van der Waals surface area contributed by atoms with E-state index in [-0.39, 0.29) is 0 Å². The molecule has 0 unspecified atom stereocenters. The van der Waals surface area contributed by atoms with Crippen LogP contribution in [0.4, 0.5) is 5.82 Å². The summed E-state index contributed by atoms with van der Waals surface area (Å²) < 4.78 is 0. The summed E-state index contributed by atoms with van der Waals surface area (Å²) in [5.74, 6) is 3.00. The fourth-order valence-electron chi connectivity index (χ4n) is 3.44. The van der Waals surface area contributed by atoms with Gasteiger partial charge in [-0.1, -0.05) is 18.2 Å². The van der Waals surface area contributed by atoms with Crippen LogP contribution in [0, 0.1) is 0 Å². The van der Waals surface area contributed by atoms with Crippen molar-refractivity contribution in [1.29, 1.82) is 0 Å². The number of benzene rings is 1. The number of para-hydroxylation sites is 2. The zero-order valence-electron chi connectivity index (χ0n) is 15.6. The van der Waals surface area contributed by atoms with Gasteiger partial charge in [-0.05, 0) is 24.3 Å². The number of H-pyrrole nitrogens is 1. The highest BCUT2D eigenvalue weighted by molar-refractivity contribution is 5.80. The van der Waals surface area contributed by atoms with Gasteiger partial charge in [0.05, 0.1) is 11.0 Å². The number of anilines is 1. The van der Waals surface area contributed by atoms with E-state index in [9.17, 15) is 0 Å². The van der Waals surface area contributed by atoms with Crippen molar-refractivity contribution in [2.75, 3.05) is 44.7 Å². The minimum Gasteiger partial charge on any atom is -0.356 e. The van der Waals surface area contributed by atoms with Crippen LogP contribution in [0.3, 0.4) is 0 Å². The molecule has 0 spiro atoms. The summed E-state index contributed by atoms with van der Waals surface area (Å²) in [4.78, 5) is 21.5. The normalized spacial score (nSPS) is 15.4. The average molecular weight is 363 g/mol. The predicted octanol–water partition coefficient (Wildman–Crippen LogP) is 1.90. The van der Waals surface area contributed by atoms with Crippen molar-refractivity contribution in [3.63, 3.8) is 0 Å². The van der Waals surface area contributed by atoms with E-state index in [0.717, 1.165) is 67.8 Å². The molecule has 1 fully saturated rings. The van der Waals surface area contributed by atoms with Crippen molar-refractivity contribution in [1.82, 2.24) is 25.2 Å². The van der Waals surface area contributed by atoms with Gasteiger partial charge < -0.3 is 20.1 Å². The number of imidazole rings is 1. The number of fused-ring (bicyclic) bond motifs is 1. The number of hydrogen-bond donors (Lipinski definition) is 2. The molecule has 1 aliphatic heterocycles. The first-order valence-corrected chi connectivity index (χ1v) is 9.39. The topological polar surface area (TPSA) is 72.4 Å². The monoisotopic (exact) mass is 363 g/mol. The van der Waals surface area contributed by atoms with Crippen molar-refractivity contribution in [3.05, 3.63) is 54.5 Å². The second-order valence-electron chi connectivity index (χ2n) is 6.59. The molecule has 27 heavy (non-hydrogen) atoms. The summed E-state index contributed by atoms with van der Waals surface area (Å²) in [6.07, 6.45) is 2.68. The predicted molar refractivity (Wildman–Crippen MR) is 109 cm³/mol. The second-order valence-corrected chi connectivity index (χ2v) is 6.59. The third-order valence-electron chi connectivity index (χ3n) is 4.85. The lowest BCUT2D eigenvalue weighted by molar-refractivity contribution is 0.371. The van der Waals surface area contributed by atoms with Gasteiger partial charge in [0.1, 0.15) is 11.6 Å². The number of aliphatic imine (C=N–C) groups is 1. The molecule has 0 atom stereocenters. The molecule has 1 aliphatic rings. The van der Waals surface area contributed by atoms with Crippen molar-refractivity contribution >= 4 is 22.8 Å². The maximum absolute atomic E-state index is 4.63. The van der Waals surface area contributed by atoms with Gasteiger partial charge in [0.25, 0.3) is 0 Å². The Labute approximate surface area is 159 Å². The van der Waals surface area contributed by atoms with Crippen molar-refractivity contribution in [2.24, 2.45) is 4.99 Å². The fraction of sp³-hybridized carbons (Fsp3) is 0.350. The van der Waals surface area contributed by atoms with Crippen LogP contribution in [0.25, 0.3) is 11.0 Å². The molecule has 1 saturated heterocycles. The third kappa shape index (κ3) is 4.02. The number of guanidine groups is 1. The highest BCUT2D eigenvalue weighted by Crippen LogP contribution is 2.13. The largest absolute Gasteiger partial charge is 0.356 e. The Hall–Kier alpha value is -3.09. The molecule has 0 bridgehead atoms. The summed E-state index contributed by atoms with van der Waals surface area (Å²) >= 11 is 0. The highest BCUT2D eigenvalue weighted by Gasteiger charge is 2.20. The summed E-state index contributed by atoms with van der Waals surface area (Å²) in [6.45, 7) is 4.55. The molecular weight excluding hydrogens is 338 g/mol. The number of nitrogens with zero attached hydrogens (tertiary/aromatic N) is 5. The van der Waals surface area contributed by atoms with Crippen LogP contribution < -0.4 is 10.2 Å². The lowest BCUT2D eigenvalue weighted by Crippen LogP contribution is -2.53. The molecule has 0 saturated carbocycles. The molecule has 0 aliphatic carbocycles. The van der Waals surface area contributed by atoms with Crippen molar-refractivity contribution < 1.29 is 0 Å². The lowest BCUT2D eigenvalue weighted by Gasteiger charge is -2.37. The molecule has 3 heterocycles. The fourth-order valence-corrected chi connectivity index (χ4v) is 3.44. The maximum Gasteiger partial charge on any atom is 0.193 e. The van der Waals surface area contributed by atoms with Crippen LogP contribution in [0.15, 0.2) is 53.7 Å². The Kier molecular flexibility index (Phi) is 5.18. The molecule has 3 aromatic rings. The van der Waals surface area contributed by atoms with Crippen LogP contribution >= 0.6 is 0 Å². The summed E-state index contributed by atoms with van der Waals surface area (Å²) in [7, 11) is 1.84. The minimum absolute atomic E-state index is 0.799. The van der Waals surface area contributed by atoms with Gasteiger partial charge in [-0.25, -0.2) is 9.97 Å². The van der Waals surface area contributed by atoms with E-state index in [0.29, 0.717) is 0 Å². The first kappa shape index (κ1) is 17.3. The molecule has 1 aromatic carbocycles. The summed E-state index contributed by atoms with van der Waals surface area (Å²) in [5.41, 5.74) is 2.10. The molecule has 0 amide bonds. The quantitative estimate of drug-likeness (QED) is 0.547. The first-order valence-electron chi connectivity index (χ1n) is 9.39. The number of aromatic amines is 1. The molecule has 140 valence electrons. The zero-order valence-corrected chi connectivity index (χ0v) is 15.6.